The average molecular weight is 305 g/mol. The van der Waals surface area contributed by atoms with E-state index in [0.717, 1.165) is 0 Å². The number of carbonyl (C=O) groups excluding carboxylic acids is 2. The van der Waals surface area contributed by atoms with Crippen LogP contribution in [0.15, 0.2) is 71.1 Å². The molecule has 1 N–H and O–H groups in total. The third-order valence-corrected chi connectivity index (χ3v) is 3.38. The predicted octanol–water partition coefficient (Wildman–Crippen LogP) is 4.07. The van der Waals surface area contributed by atoms with Crippen LogP contribution in [0.5, 0.6) is 0 Å². The number of furan rings is 1. The zero-order valence-corrected chi connectivity index (χ0v) is 12.6. The fourth-order valence-electron chi connectivity index (χ4n) is 2.24. The number of amides is 1. The van der Waals surface area contributed by atoms with Crippen LogP contribution in [-0.4, -0.2) is 11.7 Å². The van der Waals surface area contributed by atoms with Crippen LogP contribution < -0.4 is 5.32 Å². The Bertz CT molecular complexity index is 850. The quantitative estimate of drug-likeness (QED) is 0.739. The second-order valence-corrected chi connectivity index (χ2v) is 5.14. The Kier molecular flexibility index (Phi) is 4.06. The van der Waals surface area contributed by atoms with E-state index in [0.29, 0.717) is 22.6 Å². The molecule has 0 unspecified atom stereocenters. The van der Waals surface area contributed by atoms with Crippen molar-refractivity contribution in [3.8, 4) is 0 Å². The van der Waals surface area contributed by atoms with Crippen LogP contribution in [0, 0.1) is 6.92 Å². The van der Waals surface area contributed by atoms with E-state index in [1.54, 1.807) is 55.5 Å². The van der Waals surface area contributed by atoms with E-state index in [9.17, 15) is 9.59 Å². The Hall–Kier alpha value is -3.14. The van der Waals surface area contributed by atoms with Gasteiger partial charge in [-0.3, -0.25) is 9.59 Å². The first-order chi connectivity index (χ1) is 11.1. The summed E-state index contributed by atoms with van der Waals surface area (Å²) in [4.78, 5) is 24.5. The van der Waals surface area contributed by atoms with E-state index < -0.39 is 0 Å². The maximum atomic E-state index is 12.4. The first-order valence-corrected chi connectivity index (χ1v) is 7.21. The van der Waals surface area contributed by atoms with Gasteiger partial charge in [-0.2, -0.15) is 0 Å². The molecule has 2 aromatic carbocycles. The van der Waals surface area contributed by atoms with Crippen molar-refractivity contribution >= 4 is 17.4 Å². The number of anilines is 1. The van der Waals surface area contributed by atoms with Crippen LogP contribution in [-0.2, 0) is 0 Å². The van der Waals surface area contributed by atoms with Crippen molar-refractivity contribution in [2.24, 2.45) is 0 Å². The third-order valence-electron chi connectivity index (χ3n) is 3.38. The van der Waals surface area contributed by atoms with Gasteiger partial charge in [-0.25, -0.2) is 0 Å². The summed E-state index contributed by atoms with van der Waals surface area (Å²) in [5.74, 6) is 0.475. The lowest BCUT2D eigenvalue weighted by Crippen LogP contribution is -2.11. The zero-order valence-electron chi connectivity index (χ0n) is 12.6. The molecule has 0 saturated heterocycles. The Morgan fingerprint density at radius 3 is 2.30 bits per heavy atom. The van der Waals surface area contributed by atoms with Gasteiger partial charge in [-0.1, -0.05) is 42.5 Å². The van der Waals surface area contributed by atoms with Crippen LogP contribution in [0.1, 0.15) is 32.2 Å². The second kappa shape index (κ2) is 6.32. The lowest BCUT2D eigenvalue weighted by atomic mass is 10.0. The lowest BCUT2D eigenvalue weighted by Gasteiger charge is -2.06. The fraction of sp³-hybridized carbons (Fsp3) is 0.0526. The highest BCUT2D eigenvalue weighted by Crippen LogP contribution is 2.16. The van der Waals surface area contributed by atoms with Gasteiger partial charge in [0.1, 0.15) is 5.76 Å². The Balaban J connectivity index is 1.80. The van der Waals surface area contributed by atoms with Crippen molar-refractivity contribution in [2.45, 2.75) is 6.92 Å². The molecular formula is C19H15NO3. The number of benzene rings is 2. The maximum absolute atomic E-state index is 12.4. The van der Waals surface area contributed by atoms with Crippen LogP contribution in [0.2, 0.25) is 0 Å². The van der Waals surface area contributed by atoms with Gasteiger partial charge < -0.3 is 9.73 Å². The first-order valence-electron chi connectivity index (χ1n) is 7.21. The Morgan fingerprint density at radius 2 is 1.61 bits per heavy atom. The van der Waals surface area contributed by atoms with E-state index in [2.05, 4.69) is 5.32 Å². The summed E-state index contributed by atoms with van der Waals surface area (Å²) in [6.07, 6.45) is 0. The first kappa shape index (κ1) is 14.8. The highest BCUT2D eigenvalue weighted by atomic mass is 16.3. The highest BCUT2D eigenvalue weighted by Gasteiger charge is 2.12. The van der Waals surface area contributed by atoms with Crippen molar-refractivity contribution in [2.75, 3.05) is 5.32 Å². The van der Waals surface area contributed by atoms with Gasteiger partial charge in [-0.15, -0.1) is 0 Å². The largest absolute Gasteiger partial charge is 0.456 e. The highest BCUT2D eigenvalue weighted by molar-refractivity contribution is 6.10. The fourth-order valence-corrected chi connectivity index (χ4v) is 2.24. The SMILES string of the molecule is Cc1ccc(C(=O)Nc2cccc(C(=O)c3ccccc3)c2)o1. The van der Waals surface area contributed by atoms with Gasteiger partial charge in [0.15, 0.2) is 11.5 Å². The molecule has 1 aromatic heterocycles. The molecule has 1 amide bonds. The minimum atomic E-state index is -0.345. The summed E-state index contributed by atoms with van der Waals surface area (Å²) in [5, 5.41) is 2.73. The van der Waals surface area contributed by atoms with Crippen molar-refractivity contribution < 1.29 is 14.0 Å². The molecular weight excluding hydrogens is 290 g/mol. The monoisotopic (exact) mass is 305 g/mol. The summed E-state index contributed by atoms with van der Waals surface area (Å²) < 4.78 is 5.29. The molecule has 0 atom stereocenters. The van der Waals surface area contributed by atoms with Gasteiger partial charge in [-0.05, 0) is 31.2 Å². The number of hydrogen-bond donors (Lipinski definition) is 1. The normalized spacial score (nSPS) is 10.3. The molecule has 23 heavy (non-hydrogen) atoms. The average Bonchev–Trinajstić information content (AvgIpc) is 3.02. The molecule has 0 bridgehead atoms. The molecule has 0 aliphatic rings. The van der Waals surface area contributed by atoms with Gasteiger partial charge >= 0.3 is 0 Å². The third kappa shape index (κ3) is 3.37. The molecule has 0 radical (unpaired) electrons. The van der Waals surface area contributed by atoms with E-state index in [4.69, 9.17) is 4.42 Å². The summed E-state index contributed by atoms with van der Waals surface area (Å²) in [6, 6.07) is 19.2. The smallest absolute Gasteiger partial charge is 0.291 e. The van der Waals surface area contributed by atoms with Gasteiger partial charge in [0.2, 0.25) is 0 Å². The summed E-state index contributed by atoms with van der Waals surface area (Å²) in [7, 11) is 0. The van der Waals surface area contributed by atoms with Crippen molar-refractivity contribution in [3.63, 3.8) is 0 Å². The zero-order chi connectivity index (χ0) is 16.2. The van der Waals surface area contributed by atoms with Crippen molar-refractivity contribution in [3.05, 3.63) is 89.4 Å². The van der Waals surface area contributed by atoms with E-state index in [1.807, 2.05) is 18.2 Å². The van der Waals surface area contributed by atoms with Crippen LogP contribution in [0.25, 0.3) is 0 Å². The standard InChI is InChI=1S/C19H15NO3/c1-13-10-11-17(23-13)19(22)20-16-9-5-8-15(12-16)18(21)14-6-3-2-4-7-14/h2-12H,1H3,(H,20,22). The maximum Gasteiger partial charge on any atom is 0.291 e. The number of nitrogens with one attached hydrogen (secondary N) is 1. The Labute approximate surface area is 133 Å². The van der Waals surface area contributed by atoms with Crippen LogP contribution in [0.3, 0.4) is 0 Å². The van der Waals surface area contributed by atoms with Gasteiger partial charge in [0.05, 0.1) is 0 Å². The topological polar surface area (TPSA) is 59.3 Å². The number of hydrogen-bond acceptors (Lipinski definition) is 3. The van der Waals surface area contributed by atoms with E-state index in [1.165, 1.54) is 0 Å². The number of aryl methyl sites for hydroxylation is 1. The molecule has 4 heteroatoms. The summed E-state index contributed by atoms with van der Waals surface area (Å²) in [6.45, 7) is 1.77. The molecule has 3 rings (SSSR count). The number of carbonyl (C=O) groups is 2. The molecule has 0 fully saturated rings. The van der Waals surface area contributed by atoms with Crippen LogP contribution >= 0.6 is 0 Å². The van der Waals surface area contributed by atoms with Gasteiger partial charge in [0, 0.05) is 16.8 Å². The molecule has 114 valence electrons. The lowest BCUT2D eigenvalue weighted by molar-refractivity contribution is 0.0993. The van der Waals surface area contributed by atoms with Gasteiger partial charge in [0.25, 0.3) is 5.91 Å². The summed E-state index contributed by atoms with van der Waals surface area (Å²) in [5.41, 5.74) is 1.67. The minimum Gasteiger partial charge on any atom is -0.456 e. The number of ketones is 1. The second-order valence-electron chi connectivity index (χ2n) is 5.14. The van der Waals surface area contributed by atoms with Crippen molar-refractivity contribution in [1.82, 2.24) is 0 Å². The van der Waals surface area contributed by atoms with Crippen molar-refractivity contribution in [1.29, 1.82) is 0 Å². The predicted molar refractivity (Wildman–Crippen MR) is 87.7 cm³/mol. The van der Waals surface area contributed by atoms with E-state index in [-0.39, 0.29) is 17.5 Å². The molecule has 0 saturated carbocycles. The molecule has 0 aliphatic heterocycles. The van der Waals surface area contributed by atoms with E-state index >= 15 is 0 Å². The molecule has 1 heterocycles. The molecule has 0 spiro atoms. The Morgan fingerprint density at radius 1 is 0.870 bits per heavy atom. The molecule has 4 nitrogen and oxygen atoms in total. The number of rotatable bonds is 4. The molecule has 3 aromatic rings. The summed E-state index contributed by atoms with van der Waals surface area (Å²) >= 11 is 0. The molecule has 0 aliphatic carbocycles. The van der Waals surface area contributed by atoms with Crippen LogP contribution in [0.4, 0.5) is 5.69 Å². The minimum absolute atomic E-state index is 0.0875.